The first-order chi connectivity index (χ1) is 13.3. The Bertz CT molecular complexity index is 918. The molecule has 0 spiro atoms. The van der Waals surface area contributed by atoms with Crippen LogP contribution in [0.25, 0.3) is 0 Å². The Labute approximate surface area is 168 Å². The summed E-state index contributed by atoms with van der Waals surface area (Å²) in [6, 6.07) is 31.4. The minimum Gasteiger partial charge on any atom is -0.389 e. The number of alkyl halides is 1. The zero-order chi connectivity index (χ0) is 18.7. The Morgan fingerprint density at radius 1 is 0.741 bits per heavy atom. The minimum atomic E-state index is -0.549. The van der Waals surface area contributed by atoms with Crippen molar-refractivity contribution in [2.75, 3.05) is 5.73 Å². The van der Waals surface area contributed by atoms with Gasteiger partial charge in [0.15, 0.2) is 0 Å². The van der Waals surface area contributed by atoms with Gasteiger partial charge in [-0.3, -0.25) is 0 Å². The number of hydrogen-bond acceptors (Lipinski definition) is 3. The van der Waals surface area contributed by atoms with Crippen LogP contribution < -0.4 is 5.73 Å². The number of benzene rings is 3. The molecule has 3 aromatic carbocycles. The largest absolute Gasteiger partial charge is 0.389 e. The molecule has 4 aromatic rings. The molecule has 0 saturated heterocycles. The monoisotopic (exact) mass is 390 g/mol. The Balaban J connectivity index is 2.12. The molecular weight excluding hydrogens is 372 g/mol. The Morgan fingerprint density at radius 3 is 1.48 bits per heavy atom. The smallest absolute Gasteiger partial charge is 0.114 e. The lowest BCUT2D eigenvalue weighted by atomic mass is 9.70. The van der Waals surface area contributed by atoms with Gasteiger partial charge in [0, 0.05) is 0 Å². The molecule has 0 atom stereocenters. The molecule has 134 valence electrons. The van der Waals surface area contributed by atoms with Crippen LogP contribution >= 0.6 is 22.9 Å². The quantitative estimate of drug-likeness (QED) is 0.343. The number of aromatic nitrogens is 1. The van der Waals surface area contributed by atoms with E-state index in [2.05, 4.69) is 72.8 Å². The summed E-state index contributed by atoms with van der Waals surface area (Å²) in [5.41, 5.74) is 9.90. The van der Waals surface area contributed by atoms with Crippen molar-refractivity contribution in [2.24, 2.45) is 0 Å². The van der Waals surface area contributed by atoms with Gasteiger partial charge in [-0.1, -0.05) is 102 Å². The molecule has 2 nitrogen and oxygen atoms in total. The molecule has 0 aliphatic heterocycles. The molecular formula is C23H19ClN2S. The van der Waals surface area contributed by atoms with E-state index in [0.717, 1.165) is 27.4 Å². The second kappa shape index (κ2) is 7.55. The highest BCUT2D eigenvalue weighted by molar-refractivity contribution is 7.16. The number of thiazole rings is 1. The maximum Gasteiger partial charge on any atom is 0.114 e. The predicted molar refractivity (Wildman–Crippen MR) is 114 cm³/mol. The van der Waals surface area contributed by atoms with Gasteiger partial charge in [0.2, 0.25) is 0 Å². The molecule has 4 rings (SSSR count). The highest BCUT2D eigenvalue weighted by atomic mass is 35.5. The van der Waals surface area contributed by atoms with E-state index in [9.17, 15) is 0 Å². The lowest BCUT2D eigenvalue weighted by Crippen LogP contribution is -2.30. The van der Waals surface area contributed by atoms with Crippen molar-refractivity contribution in [3.63, 3.8) is 0 Å². The maximum atomic E-state index is 6.25. The van der Waals surface area contributed by atoms with Crippen molar-refractivity contribution in [3.8, 4) is 0 Å². The van der Waals surface area contributed by atoms with E-state index < -0.39 is 5.41 Å². The average Bonchev–Trinajstić information content (AvgIpc) is 3.12. The van der Waals surface area contributed by atoms with Gasteiger partial charge in [-0.05, 0) is 16.7 Å². The van der Waals surface area contributed by atoms with Gasteiger partial charge in [-0.25, -0.2) is 4.98 Å². The first-order valence-corrected chi connectivity index (χ1v) is 10.1. The first kappa shape index (κ1) is 17.8. The summed E-state index contributed by atoms with van der Waals surface area (Å²) in [5, 5.41) is 1.60. The van der Waals surface area contributed by atoms with E-state index in [0.29, 0.717) is 10.9 Å². The highest BCUT2D eigenvalue weighted by Crippen LogP contribution is 2.47. The molecule has 0 unspecified atom stereocenters. The third-order valence-corrected chi connectivity index (χ3v) is 6.09. The van der Waals surface area contributed by atoms with Crippen LogP contribution in [0, 0.1) is 0 Å². The van der Waals surface area contributed by atoms with Crippen LogP contribution in [-0.4, -0.2) is 4.98 Å². The summed E-state index contributed by atoms with van der Waals surface area (Å²) in [7, 11) is 0. The van der Waals surface area contributed by atoms with Gasteiger partial charge in [-0.15, -0.1) is 11.6 Å². The van der Waals surface area contributed by atoms with E-state index in [1.54, 1.807) is 0 Å². The van der Waals surface area contributed by atoms with Gasteiger partial charge in [0.05, 0.1) is 17.0 Å². The summed E-state index contributed by atoms with van der Waals surface area (Å²) in [5.74, 6) is 0.302. The van der Waals surface area contributed by atoms with Crippen LogP contribution in [0.5, 0.6) is 0 Å². The van der Waals surface area contributed by atoms with Gasteiger partial charge in [0.25, 0.3) is 0 Å². The zero-order valence-electron chi connectivity index (χ0n) is 14.7. The third-order valence-electron chi connectivity index (χ3n) is 4.80. The summed E-state index contributed by atoms with van der Waals surface area (Å²) < 4.78 is 0. The fourth-order valence-electron chi connectivity index (χ4n) is 3.55. The Hall–Kier alpha value is -2.62. The molecule has 0 saturated carbocycles. The van der Waals surface area contributed by atoms with Crippen molar-refractivity contribution in [1.82, 2.24) is 4.98 Å². The Morgan fingerprint density at radius 2 is 1.15 bits per heavy atom. The molecule has 0 amide bonds. The highest BCUT2D eigenvalue weighted by Gasteiger charge is 2.41. The van der Waals surface area contributed by atoms with Gasteiger partial charge < -0.3 is 5.73 Å². The second-order valence-corrected chi connectivity index (χ2v) is 7.61. The Kier molecular flexibility index (Phi) is 4.97. The van der Waals surface area contributed by atoms with Crippen LogP contribution in [0.2, 0.25) is 0 Å². The number of anilines is 1. The van der Waals surface area contributed by atoms with Crippen molar-refractivity contribution in [2.45, 2.75) is 11.3 Å². The molecule has 0 aliphatic carbocycles. The van der Waals surface area contributed by atoms with E-state index in [4.69, 9.17) is 22.3 Å². The molecule has 1 aromatic heterocycles. The van der Waals surface area contributed by atoms with Crippen molar-refractivity contribution in [3.05, 3.63) is 118 Å². The van der Waals surface area contributed by atoms with Crippen LogP contribution in [0.3, 0.4) is 0 Å². The van der Waals surface area contributed by atoms with Crippen LogP contribution in [-0.2, 0) is 11.3 Å². The lowest BCUT2D eigenvalue weighted by Gasteiger charge is -2.34. The number of nitrogen functional groups attached to an aromatic ring is 1. The lowest BCUT2D eigenvalue weighted by molar-refractivity contribution is 0.733. The summed E-state index contributed by atoms with van der Waals surface area (Å²) in [6.45, 7) is 0. The zero-order valence-corrected chi connectivity index (χ0v) is 16.3. The van der Waals surface area contributed by atoms with Crippen molar-refractivity contribution < 1.29 is 0 Å². The number of rotatable bonds is 5. The number of nitrogens with two attached hydrogens (primary N) is 1. The van der Waals surface area contributed by atoms with Gasteiger partial charge >= 0.3 is 0 Å². The summed E-state index contributed by atoms with van der Waals surface area (Å²) in [6.07, 6.45) is 0. The molecule has 0 aliphatic rings. The van der Waals surface area contributed by atoms with E-state index in [-0.39, 0.29) is 0 Å². The third kappa shape index (κ3) is 3.03. The minimum absolute atomic E-state index is 0.302. The van der Waals surface area contributed by atoms with E-state index in [1.807, 2.05) is 18.2 Å². The molecule has 0 radical (unpaired) electrons. The van der Waals surface area contributed by atoms with Gasteiger partial charge in [-0.2, -0.15) is 0 Å². The van der Waals surface area contributed by atoms with Crippen LogP contribution in [0.15, 0.2) is 91.0 Å². The first-order valence-electron chi connectivity index (χ1n) is 8.75. The predicted octanol–water partition coefficient (Wildman–Crippen LogP) is 5.85. The van der Waals surface area contributed by atoms with Crippen LogP contribution in [0.4, 0.5) is 5.00 Å². The normalized spacial score (nSPS) is 11.4. The number of nitrogens with zero attached hydrogens (tertiary/aromatic N) is 1. The molecule has 27 heavy (non-hydrogen) atoms. The fraction of sp³-hybridized carbons (Fsp3) is 0.0870. The van der Waals surface area contributed by atoms with Crippen LogP contribution in [0.1, 0.15) is 27.4 Å². The molecule has 0 bridgehead atoms. The molecule has 0 fully saturated rings. The number of halogens is 1. The molecule has 2 N–H and O–H groups in total. The van der Waals surface area contributed by atoms with Crippen molar-refractivity contribution >= 4 is 27.9 Å². The second-order valence-electron chi connectivity index (χ2n) is 6.31. The topological polar surface area (TPSA) is 38.9 Å². The standard InChI is InChI=1S/C23H19ClN2S/c24-16-20-21(25)27-22(26-20)23(17-10-4-1-5-11-17,18-12-6-2-7-13-18)19-14-8-3-9-15-19/h1-15H,16,25H2. The van der Waals surface area contributed by atoms with E-state index in [1.165, 1.54) is 11.3 Å². The van der Waals surface area contributed by atoms with Crippen molar-refractivity contribution in [1.29, 1.82) is 0 Å². The maximum absolute atomic E-state index is 6.25. The fourth-order valence-corrected chi connectivity index (χ4v) is 4.94. The molecule has 1 heterocycles. The van der Waals surface area contributed by atoms with Gasteiger partial charge in [0.1, 0.15) is 10.0 Å². The molecule has 4 heteroatoms. The SMILES string of the molecule is Nc1sc(C(c2ccccc2)(c2ccccc2)c2ccccc2)nc1CCl. The summed E-state index contributed by atoms with van der Waals surface area (Å²) >= 11 is 7.61. The summed E-state index contributed by atoms with van der Waals surface area (Å²) in [4.78, 5) is 4.89. The number of hydrogen-bond donors (Lipinski definition) is 1. The van der Waals surface area contributed by atoms with E-state index >= 15 is 0 Å². The average molecular weight is 391 g/mol.